The molecule has 0 saturated carbocycles. The topological polar surface area (TPSA) is 39.7 Å². The first kappa shape index (κ1) is 20.4. The van der Waals surface area contributed by atoms with Crippen molar-refractivity contribution in [2.24, 2.45) is 0 Å². The molecule has 1 unspecified atom stereocenters. The Morgan fingerprint density at radius 3 is 2.27 bits per heavy atom. The van der Waals surface area contributed by atoms with Gasteiger partial charge in [0.2, 0.25) is 0 Å². The number of fused-ring (bicyclic) bond motifs is 1. The molecule has 1 aliphatic rings. The molecular formula is C21H28ClNO3. The van der Waals surface area contributed by atoms with Crippen LogP contribution in [0.2, 0.25) is 0 Å². The molecule has 4 nitrogen and oxygen atoms in total. The summed E-state index contributed by atoms with van der Waals surface area (Å²) >= 11 is 0. The highest BCUT2D eigenvalue weighted by Crippen LogP contribution is 2.36. The first-order chi connectivity index (χ1) is 12.2. The molecule has 3 rings (SSSR count). The van der Waals surface area contributed by atoms with E-state index in [0.717, 1.165) is 36.6 Å². The fourth-order valence-electron chi connectivity index (χ4n) is 3.37. The number of halogens is 1. The second kappa shape index (κ2) is 9.70. The molecule has 0 radical (unpaired) electrons. The monoisotopic (exact) mass is 377 g/mol. The Labute approximate surface area is 162 Å². The van der Waals surface area contributed by atoms with Gasteiger partial charge in [-0.25, -0.2) is 0 Å². The third-order valence-corrected chi connectivity index (χ3v) is 4.56. The van der Waals surface area contributed by atoms with Crippen LogP contribution in [0.5, 0.6) is 17.2 Å². The summed E-state index contributed by atoms with van der Waals surface area (Å²) in [4.78, 5) is 0. The SMILES string of the molecule is CCOc1cc2c(cc1OCC)C(Cc1ccc(OC)cc1)NCC2.Cl. The summed E-state index contributed by atoms with van der Waals surface area (Å²) in [7, 11) is 1.69. The number of ether oxygens (including phenoxy) is 3. The minimum Gasteiger partial charge on any atom is -0.497 e. The van der Waals surface area contributed by atoms with Crippen molar-refractivity contribution in [2.45, 2.75) is 32.7 Å². The average Bonchev–Trinajstić information content (AvgIpc) is 2.64. The lowest BCUT2D eigenvalue weighted by Gasteiger charge is -2.28. The summed E-state index contributed by atoms with van der Waals surface area (Å²) in [5.74, 6) is 2.58. The zero-order chi connectivity index (χ0) is 17.6. The van der Waals surface area contributed by atoms with E-state index in [2.05, 4.69) is 29.6 Å². The quantitative estimate of drug-likeness (QED) is 0.778. The van der Waals surface area contributed by atoms with E-state index in [0.29, 0.717) is 13.2 Å². The van der Waals surface area contributed by atoms with Gasteiger partial charge in [-0.05, 0) is 74.2 Å². The maximum absolute atomic E-state index is 5.82. The van der Waals surface area contributed by atoms with Gasteiger partial charge in [-0.3, -0.25) is 0 Å². The molecule has 1 atom stereocenters. The zero-order valence-electron chi connectivity index (χ0n) is 15.7. The summed E-state index contributed by atoms with van der Waals surface area (Å²) < 4.78 is 16.8. The Morgan fingerprint density at radius 1 is 1.00 bits per heavy atom. The van der Waals surface area contributed by atoms with Crippen LogP contribution in [0.4, 0.5) is 0 Å². The Bertz CT molecular complexity index is 703. The van der Waals surface area contributed by atoms with E-state index in [1.165, 1.54) is 16.7 Å². The molecule has 0 spiro atoms. The lowest BCUT2D eigenvalue weighted by atomic mass is 9.90. The maximum Gasteiger partial charge on any atom is 0.161 e. The molecule has 2 aromatic carbocycles. The highest BCUT2D eigenvalue weighted by atomic mass is 35.5. The predicted octanol–water partition coefficient (Wildman–Crippen LogP) is 4.34. The van der Waals surface area contributed by atoms with Crippen LogP contribution in [0.1, 0.15) is 36.6 Å². The fourth-order valence-corrected chi connectivity index (χ4v) is 3.37. The molecule has 1 aliphatic heterocycles. The van der Waals surface area contributed by atoms with Crippen molar-refractivity contribution >= 4 is 12.4 Å². The Kier molecular flexibility index (Phi) is 7.61. The minimum absolute atomic E-state index is 0. The van der Waals surface area contributed by atoms with E-state index in [9.17, 15) is 0 Å². The lowest BCUT2D eigenvalue weighted by Crippen LogP contribution is -2.31. The van der Waals surface area contributed by atoms with Crippen LogP contribution >= 0.6 is 12.4 Å². The van der Waals surface area contributed by atoms with Crippen molar-refractivity contribution < 1.29 is 14.2 Å². The number of hydrogen-bond donors (Lipinski definition) is 1. The molecule has 142 valence electrons. The highest BCUT2D eigenvalue weighted by molar-refractivity contribution is 5.85. The normalized spacial score (nSPS) is 15.6. The van der Waals surface area contributed by atoms with E-state index < -0.39 is 0 Å². The molecule has 2 aromatic rings. The van der Waals surface area contributed by atoms with Gasteiger partial charge >= 0.3 is 0 Å². The molecule has 0 aromatic heterocycles. The van der Waals surface area contributed by atoms with Crippen LogP contribution in [0.15, 0.2) is 36.4 Å². The van der Waals surface area contributed by atoms with Gasteiger partial charge in [-0.15, -0.1) is 12.4 Å². The van der Waals surface area contributed by atoms with E-state index in [-0.39, 0.29) is 18.4 Å². The van der Waals surface area contributed by atoms with Crippen LogP contribution in [-0.4, -0.2) is 26.9 Å². The van der Waals surface area contributed by atoms with Crippen molar-refractivity contribution in [3.63, 3.8) is 0 Å². The van der Waals surface area contributed by atoms with Crippen molar-refractivity contribution in [2.75, 3.05) is 26.9 Å². The van der Waals surface area contributed by atoms with Crippen molar-refractivity contribution in [3.05, 3.63) is 53.1 Å². The maximum atomic E-state index is 5.82. The van der Waals surface area contributed by atoms with Crippen LogP contribution in [0, 0.1) is 0 Å². The summed E-state index contributed by atoms with van der Waals surface area (Å²) in [5.41, 5.74) is 3.95. The second-order valence-corrected chi connectivity index (χ2v) is 6.17. The van der Waals surface area contributed by atoms with Gasteiger partial charge in [0.15, 0.2) is 11.5 Å². The molecule has 1 N–H and O–H groups in total. The molecule has 26 heavy (non-hydrogen) atoms. The van der Waals surface area contributed by atoms with E-state index >= 15 is 0 Å². The molecule has 0 bridgehead atoms. The largest absolute Gasteiger partial charge is 0.497 e. The van der Waals surface area contributed by atoms with Gasteiger partial charge in [-0.2, -0.15) is 0 Å². The van der Waals surface area contributed by atoms with Crippen LogP contribution in [0.3, 0.4) is 0 Å². The van der Waals surface area contributed by atoms with Crippen LogP contribution in [-0.2, 0) is 12.8 Å². The number of benzene rings is 2. The van der Waals surface area contributed by atoms with E-state index in [1.807, 2.05) is 26.0 Å². The fraction of sp³-hybridized carbons (Fsp3) is 0.429. The summed E-state index contributed by atoms with van der Waals surface area (Å²) in [6.45, 7) is 6.26. The zero-order valence-corrected chi connectivity index (χ0v) is 16.5. The Balaban J connectivity index is 0.00000243. The van der Waals surface area contributed by atoms with Crippen molar-refractivity contribution in [1.82, 2.24) is 5.32 Å². The van der Waals surface area contributed by atoms with Crippen LogP contribution < -0.4 is 19.5 Å². The molecular weight excluding hydrogens is 350 g/mol. The standard InChI is InChI=1S/C21H27NO3.ClH/c1-4-24-20-13-16-10-11-22-19(18(16)14-21(20)25-5-2)12-15-6-8-17(23-3)9-7-15;/h6-9,13-14,19,22H,4-5,10-12H2,1-3H3;1H. The highest BCUT2D eigenvalue weighted by Gasteiger charge is 2.23. The molecule has 1 heterocycles. The van der Waals surface area contributed by atoms with Gasteiger partial charge in [0.1, 0.15) is 5.75 Å². The first-order valence-electron chi connectivity index (χ1n) is 9.03. The molecule has 0 fully saturated rings. The van der Waals surface area contributed by atoms with E-state index in [1.54, 1.807) is 7.11 Å². The third-order valence-electron chi connectivity index (χ3n) is 4.56. The molecule has 0 aliphatic carbocycles. The van der Waals surface area contributed by atoms with Gasteiger partial charge in [0, 0.05) is 6.04 Å². The second-order valence-electron chi connectivity index (χ2n) is 6.17. The molecule has 5 heteroatoms. The summed E-state index contributed by atoms with van der Waals surface area (Å²) in [5, 5.41) is 3.65. The number of hydrogen-bond acceptors (Lipinski definition) is 4. The number of nitrogens with one attached hydrogen (secondary N) is 1. The first-order valence-corrected chi connectivity index (χ1v) is 9.03. The van der Waals surface area contributed by atoms with Gasteiger partial charge in [0.25, 0.3) is 0 Å². The van der Waals surface area contributed by atoms with E-state index in [4.69, 9.17) is 14.2 Å². The van der Waals surface area contributed by atoms with Gasteiger partial charge < -0.3 is 19.5 Å². The van der Waals surface area contributed by atoms with Gasteiger partial charge in [0.05, 0.1) is 20.3 Å². The third kappa shape index (κ3) is 4.63. The minimum atomic E-state index is 0. The van der Waals surface area contributed by atoms with Gasteiger partial charge in [-0.1, -0.05) is 12.1 Å². The summed E-state index contributed by atoms with van der Waals surface area (Å²) in [6, 6.07) is 12.9. The smallest absolute Gasteiger partial charge is 0.161 e. The number of rotatable bonds is 7. The molecule has 0 saturated heterocycles. The van der Waals surface area contributed by atoms with Crippen LogP contribution in [0.25, 0.3) is 0 Å². The lowest BCUT2D eigenvalue weighted by molar-refractivity contribution is 0.286. The molecule has 0 amide bonds. The summed E-state index contributed by atoms with van der Waals surface area (Å²) in [6.07, 6.45) is 1.96. The Morgan fingerprint density at radius 2 is 1.65 bits per heavy atom. The van der Waals surface area contributed by atoms with Crippen molar-refractivity contribution in [3.8, 4) is 17.2 Å². The predicted molar refractivity (Wildman–Crippen MR) is 107 cm³/mol. The van der Waals surface area contributed by atoms with Crippen molar-refractivity contribution in [1.29, 1.82) is 0 Å². The average molecular weight is 378 g/mol. The number of methoxy groups -OCH3 is 1. The Hall–Kier alpha value is -1.91.